The van der Waals surface area contributed by atoms with Crippen molar-refractivity contribution in [3.05, 3.63) is 24.3 Å². The van der Waals surface area contributed by atoms with Crippen molar-refractivity contribution in [3.8, 4) is 0 Å². The van der Waals surface area contributed by atoms with Gasteiger partial charge in [-0.25, -0.2) is 16.8 Å². The van der Waals surface area contributed by atoms with E-state index in [1.165, 1.54) is 0 Å². The van der Waals surface area contributed by atoms with Crippen molar-refractivity contribution in [2.45, 2.75) is 9.79 Å². The molecule has 0 spiro atoms. The molecule has 0 radical (unpaired) electrons. The molecule has 0 aliphatic rings. The SMILES string of the molecule is O=S(=O)([O-])c1cccc(S(=O)(=O)[O-])c1.[Ca+2]. The van der Waals surface area contributed by atoms with Crippen LogP contribution in [0.1, 0.15) is 0 Å². The van der Waals surface area contributed by atoms with E-state index in [1.807, 2.05) is 0 Å². The molecule has 6 nitrogen and oxygen atoms in total. The molecule has 0 heterocycles. The first-order valence-corrected chi connectivity index (χ1v) is 6.05. The van der Waals surface area contributed by atoms with E-state index in [0.717, 1.165) is 18.2 Å². The predicted molar refractivity (Wildman–Crippen MR) is 48.1 cm³/mol. The number of hydrogen-bond donors (Lipinski definition) is 0. The summed E-state index contributed by atoms with van der Waals surface area (Å²) in [7, 11) is -9.48. The molecule has 0 fully saturated rings. The Bertz CT molecular complexity index is 499. The Balaban J connectivity index is 0.00000196. The van der Waals surface area contributed by atoms with E-state index in [-0.39, 0.29) is 37.7 Å². The van der Waals surface area contributed by atoms with E-state index in [0.29, 0.717) is 6.07 Å². The van der Waals surface area contributed by atoms with Gasteiger partial charge in [0.15, 0.2) is 0 Å². The Morgan fingerprint density at radius 3 is 1.47 bits per heavy atom. The monoisotopic (exact) mass is 276 g/mol. The standard InChI is InChI=1S/C6H6O6S2.Ca/c7-13(8,9)5-2-1-3-6(4-5)14(10,11)12;/h1-4H,(H,7,8,9)(H,10,11,12);/q;+2/p-2. The first kappa shape index (κ1) is 15.3. The average molecular weight is 276 g/mol. The fraction of sp³-hybridized carbons (Fsp3) is 0. The number of hydrogen-bond acceptors (Lipinski definition) is 6. The quantitative estimate of drug-likeness (QED) is 0.511. The molecule has 0 bridgehead atoms. The van der Waals surface area contributed by atoms with Crippen LogP contribution in [0.4, 0.5) is 0 Å². The third kappa shape index (κ3) is 4.35. The van der Waals surface area contributed by atoms with Gasteiger partial charge in [-0.3, -0.25) is 0 Å². The zero-order chi connectivity index (χ0) is 11.0. The molecular weight excluding hydrogens is 272 g/mol. The van der Waals surface area contributed by atoms with Gasteiger partial charge in [-0.05, 0) is 18.2 Å². The van der Waals surface area contributed by atoms with E-state index in [1.54, 1.807) is 0 Å². The topological polar surface area (TPSA) is 114 Å². The van der Waals surface area contributed by atoms with Gasteiger partial charge < -0.3 is 9.11 Å². The summed E-state index contributed by atoms with van der Waals surface area (Å²) in [4.78, 5) is -1.48. The molecule has 1 rings (SSSR count). The molecule has 0 aliphatic heterocycles. The third-order valence-corrected chi connectivity index (χ3v) is 3.05. The van der Waals surface area contributed by atoms with Crippen molar-refractivity contribution in [3.63, 3.8) is 0 Å². The molecule has 0 saturated carbocycles. The summed E-state index contributed by atoms with van der Waals surface area (Å²) < 4.78 is 62.8. The van der Waals surface area contributed by atoms with E-state index in [2.05, 4.69) is 0 Å². The molecule has 15 heavy (non-hydrogen) atoms. The fourth-order valence-electron chi connectivity index (χ4n) is 0.785. The molecule has 78 valence electrons. The molecular formula is C6H4CaO6S2. The van der Waals surface area contributed by atoms with Crippen molar-refractivity contribution < 1.29 is 25.9 Å². The molecule has 0 aliphatic carbocycles. The summed E-state index contributed by atoms with van der Waals surface area (Å²) in [6.45, 7) is 0. The first-order chi connectivity index (χ1) is 6.21. The Labute approximate surface area is 117 Å². The summed E-state index contributed by atoms with van der Waals surface area (Å²) in [5.74, 6) is 0. The molecule has 1 aromatic rings. The summed E-state index contributed by atoms with van der Waals surface area (Å²) in [5.41, 5.74) is 0. The first-order valence-electron chi connectivity index (χ1n) is 3.23. The molecule has 0 atom stereocenters. The van der Waals surface area contributed by atoms with Gasteiger partial charge in [0.05, 0.1) is 9.79 Å². The van der Waals surface area contributed by atoms with Crippen LogP contribution in [-0.2, 0) is 20.2 Å². The molecule has 0 amide bonds. The Morgan fingerprint density at radius 1 is 0.867 bits per heavy atom. The van der Waals surface area contributed by atoms with Crippen LogP contribution in [0.15, 0.2) is 34.1 Å². The largest absolute Gasteiger partial charge is 2.00 e. The molecule has 0 N–H and O–H groups in total. The average Bonchev–Trinajstić information content (AvgIpc) is 2.01. The molecule has 9 heteroatoms. The van der Waals surface area contributed by atoms with Crippen LogP contribution in [0.5, 0.6) is 0 Å². The van der Waals surface area contributed by atoms with Crippen LogP contribution in [0.3, 0.4) is 0 Å². The van der Waals surface area contributed by atoms with E-state index in [9.17, 15) is 25.9 Å². The maximum atomic E-state index is 10.5. The maximum absolute atomic E-state index is 10.5. The second kappa shape index (κ2) is 5.09. The van der Waals surface area contributed by atoms with Gasteiger partial charge in [0, 0.05) is 0 Å². The van der Waals surface area contributed by atoms with Gasteiger partial charge in [-0.15, -0.1) is 0 Å². The van der Waals surface area contributed by atoms with Crippen LogP contribution in [0, 0.1) is 0 Å². The smallest absolute Gasteiger partial charge is 0.744 e. The van der Waals surface area contributed by atoms with Gasteiger partial charge >= 0.3 is 37.7 Å². The molecule has 0 saturated heterocycles. The second-order valence-electron chi connectivity index (χ2n) is 2.38. The zero-order valence-electron chi connectivity index (χ0n) is 7.28. The van der Waals surface area contributed by atoms with Crippen molar-refractivity contribution in [1.82, 2.24) is 0 Å². The Morgan fingerprint density at radius 2 is 1.20 bits per heavy atom. The van der Waals surface area contributed by atoms with Crippen LogP contribution in [0.25, 0.3) is 0 Å². The van der Waals surface area contributed by atoms with Crippen LogP contribution in [0.2, 0.25) is 0 Å². The van der Waals surface area contributed by atoms with E-state index >= 15 is 0 Å². The minimum atomic E-state index is -4.74. The molecule has 0 aromatic heterocycles. The van der Waals surface area contributed by atoms with Crippen LogP contribution >= 0.6 is 0 Å². The summed E-state index contributed by atoms with van der Waals surface area (Å²) in [6, 6.07) is 3.37. The fourth-order valence-corrected chi connectivity index (χ4v) is 1.89. The van der Waals surface area contributed by atoms with Crippen molar-refractivity contribution in [2.24, 2.45) is 0 Å². The molecule has 1 aromatic carbocycles. The van der Waals surface area contributed by atoms with Crippen molar-refractivity contribution in [2.75, 3.05) is 0 Å². The number of rotatable bonds is 2. The van der Waals surface area contributed by atoms with Crippen molar-refractivity contribution in [1.29, 1.82) is 0 Å². The third-order valence-electron chi connectivity index (χ3n) is 1.38. The number of benzene rings is 1. The van der Waals surface area contributed by atoms with Gasteiger partial charge in [0.2, 0.25) is 0 Å². The van der Waals surface area contributed by atoms with E-state index in [4.69, 9.17) is 0 Å². The summed E-state index contributed by atoms with van der Waals surface area (Å²) in [5, 5.41) is 0. The summed E-state index contributed by atoms with van der Waals surface area (Å²) in [6.07, 6.45) is 0. The van der Waals surface area contributed by atoms with Gasteiger partial charge in [0.1, 0.15) is 20.2 Å². The second-order valence-corrected chi connectivity index (χ2v) is 5.14. The van der Waals surface area contributed by atoms with Gasteiger partial charge in [0.25, 0.3) is 0 Å². The van der Waals surface area contributed by atoms with Gasteiger partial charge in [-0.2, -0.15) is 0 Å². The van der Waals surface area contributed by atoms with Crippen LogP contribution < -0.4 is 0 Å². The summed E-state index contributed by atoms with van der Waals surface area (Å²) >= 11 is 0. The minimum absolute atomic E-state index is 0. The minimum Gasteiger partial charge on any atom is -0.744 e. The normalized spacial score (nSPS) is 11.9. The maximum Gasteiger partial charge on any atom is 2.00 e. The van der Waals surface area contributed by atoms with Crippen molar-refractivity contribution >= 4 is 58.0 Å². The van der Waals surface area contributed by atoms with E-state index < -0.39 is 30.0 Å². The zero-order valence-corrected chi connectivity index (χ0v) is 11.1. The van der Waals surface area contributed by atoms with Gasteiger partial charge in [-0.1, -0.05) is 6.07 Å². The van der Waals surface area contributed by atoms with Crippen LogP contribution in [-0.4, -0.2) is 63.7 Å². The predicted octanol–water partition coefficient (Wildman–Crippen LogP) is -0.886. The Hall–Kier alpha value is 0.300. The Kier molecular flexibility index (Phi) is 5.19. The molecule has 0 unspecified atom stereocenters.